The minimum atomic E-state index is -3.36. The van der Waals surface area contributed by atoms with Crippen LogP contribution in [0.15, 0.2) is 27.6 Å². The van der Waals surface area contributed by atoms with Crippen LogP contribution >= 0.6 is 15.9 Å². The fourth-order valence-corrected chi connectivity index (χ4v) is 4.76. The molecule has 3 nitrogen and oxygen atoms in total. The third-order valence-electron chi connectivity index (χ3n) is 4.44. The lowest BCUT2D eigenvalue weighted by molar-refractivity contribution is 0.341. The molecule has 1 saturated heterocycles. The molecule has 1 aromatic rings. The summed E-state index contributed by atoms with van der Waals surface area (Å²) >= 11 is 3.42. The number of hydrogen-bond donors (Lipinski definition) is 0. The number of nitrogens with zero attached hydrogens (tertiary/aromatic N) is 1. The van der Waals surface area contributed by atoms with Gasteiger partial charge in [0.25, 0.3) is 0 Å². The Balaban J connectivity index is 2.21. The lowest BCUT2D eigenvalue weighted by atomic mass is 9.89. The van der Waals surface area contributed by atoms with Crippen molar-refractivity contribution in [2.24, 2.45) is 11.8 Å². The average molecular weight is 374 g/mol. The first-order chi connectivity index (χ1) is 9.82. The molecule has 0 N–H and O–H groups in total. The number of benzene rings is 1. The van der Waals surface area contributed by atoms with Crippen LogP contribution in [0.3, 0.4) is 0 Å². The molecule has 118 valence electrons. The second-order valence-corrected chi connectivity index (χ2v) is 9.04. The highest BCUT2D eigenvalue weighted by Gasteiger charge is 2.28. The van der Waals surface area contributed by atoms with Gasteiger partial charge < -0.3 is 0 Å². The molecular weight excluding hydrogens is 350 g/mol. The molecule has 1 aliphatic rings. The number of aryl methyl sites for hydroxylation is 1. The maximum absolute atomic E-state index is 12.8. The van der Waals surface area contributed by atoms with Crippen LogP contribution in [0.25, 0.3) is 0 Å². The summed E-state index contributed by atoms with van der Waals surface area (Å²) < 4.78 is 28.2. The van der Waals surface area contributed by atoms with Crippen molar-refractivity contribution in [2.75, 3.05) is 13.1 Å². The number of sulfonamides is 1. The fraction of sp³-hybridized carbons (Fsp3) is 0.625. The molecule has 1 aromatic carbocycles. The van der Waals surface area contributed by atoms with Gasteiger partial charge in [-0.2, -0.15) is 4.31 Å². The van der Waals surface area contributed by atoms with Crippen LogP contribution in [0.4, 0.5) is 0 Å². The number of halogens is 1. The molecule has 21 heavy (non-hydrogen) atoms. The first-order valence-electron chi connectivity index (χ1n) is 7.58. The summed E-state index contributed by atoms with van der Waals surface area (Å²) in [6, 6.07) is 5.26. The van der Waals surface area contributed by atoms with Crippen molar-refractivity contribution in [2.45, 2.75) is 44.9 Å². The number of rotatable bonds is 3. The summed E-state index contributed by atoms with van der Waals surface area (Å²) in [6.45, 7) is 7.65. The van der Waals surface area contributed by atoms with Gasteiger partial charge in [-0.25, -0.2) is 8.42 Å². The predicted octanol–water partition coefficient (Wildman–Crippen LogP) is 4.20. The van der Waals surface area contributed by atoms with Gasteiger partial charge in [-0.3, -0.25) is 0 Å². The van der Waals surface area contributed by atoms with Gasteiger partial charge in [-0.15, -0.1) is 0 Å². The van der Waals surface area contributed by atoms with Crippen LogP contribution in [0.1, 0.15) is 38.7 Å². The van der Waals surface area contributed by atoms with Crippen molar-refractivity contribution < 1.29 is 8.42 Å². The lowest BCUT2D eigenvalue weighted by Crippen LogP contribution is -2.32. The van der Waals surface area contributed by atoms with E-state index < -0.39 is 10.0 Å². The lowest BCUT2D eigenvalue weighted by Gasteiger charge is -2.21. The fourth-order valence-electron chi connectivity index (χ4n) is 2.93. The average Bonchev–Trinajstić information content (AvgIpc) is 2.68. The van der Waals surface area contributed by atoms with Gasteiger partial charge in [0.1, 0.15) is 0 Å². The third kappa shape index (κ3) is 3.88. The zero-order valence-electron chi connectivity index (χ0n) is 13.0. The Hall–Kier alpha value is -0.390. The van der Waals surface area contributed by atoms with Crippen LogP contribution in [-0.2, 0) is 10.0 Å². The maximum Gasteiger partial charge on any atom is 0.243 e. The van der Waals surface area contributed by atoms with Crippen molar-refractivity contribution >= 4 is 26.0 Å². The Bertz CT molecular complexity index is 598. The van der Waals surface area contributed by atoms with Crippen LogP contribution in [0.2, 0.25) is 0 Å². The summed E-state index contributed by atoms with van der Waals surface area (Å²) in [5, 5.41) is 0. The standard InChI is InChI=1S/C16H24BrNO2S/c1-12(2)14-5-4-9-18(10-8-14)21(19,20)15-6-7-16(17)13(3)11-15/h6-7,11-12,14H,4-5,8-10H2,1-3H3. The molecule has 0 saturated carbocycles. The molecule has 0 aliphatic carbocycles. The van der Waals surface area contributed by atoms with Crippen molar-refractivity contribution in [1.82, 2.24) is 4.31 Å². The SMILES string of the molecule is Cc1cc(S(=O)(=O)N2CCCC(C(C)C)CC2)ccc1Br. The molecule has 1 fully saturated rings. The predicted molar refractivity (Wildman–Crippen MR) is 89.8 cm³/mol. The summed E-state index contributed by atoms with van der Waals surface area (Å²) in [6.07, 6.45) is 3.05. The van der Waals surface area contributed by atoms with Gasteiger partial charge in [0.2, 0.25) is 10.0 Å². The molecule has 0 spiro atoms. The van der Waals surface area contributed by atoms with E-state index in [0.717, 1.165) is 29.3 Å². The van der Waals surface area contributed by atoms with Crippen molar-refractivity contribution in [1.29, 1.82) is 0 Å². The van der Waals surface area contributed by atoms with E-state index in [-0.39, 0.29) is 0 Å². The van der Waals surface area contributed by atoms with Gasteiger partial charge in [0.15, 0.2) is 0 Å². The quantitative estimate of drug-likeness (QED) is 0.795. The van der Waals surface area contributed by atoms with Gasteiger partial charge in [-0.05, 0) is 61.8 Å². The summed E-state index contributed by atoms with van der Waals surface area (Å²) in [7, 11) is -3.36. The second kappa shape index (κ2) is 6.80. The van der Waals surface area contributed by atoms with E-state index in [1.54, 1.807) is 16.4 Å². The Kier molecular flexibility index (Phi) is 5.49. The molecule has 1 atom stereocenters. The zero-order chi connectivity index (χ0) is 15.6. The molecule has 1 heterocycles. The van der Waals surface area contributed by atoms with E-state index >= 15 is 0 Å². The molecule has 5 heteroatoms. The topological polar surface area (TPSA) is 37.4 Å². The van der Waals surface area contributed by atoms with Crippen molar-refractivity contribution in [3.63, 3.8) is 0 Å². The molecule has 2 rings (SSSR count). The first-order valence-corrected chi connectivity index (χ1v) is 9.82. The largest absolute Gasteiger partial charge is 0.243 e. The highest BCUT2D eigenvalue weighted by atomic mass is 79.9. The van der Waals surface area contributed by atoms with E-state index in [0.29, 0.717) is 29.8 Å². The minimum Gasteiger partial charge on any atom is -0.207 e. The van der Waals surface area contributed by atoms with Crippen molar-refractivity contribution in [3.8, 4) is 0 Å². The Morgan fingerprint density at radius 2 is 1.95 bits per heavy atom. The second-order valence-electron chi connectivity index (χ2n) is 6.25. The molecular formula is C16H24BrNO2S. The van der Waals surface area contributed by atoms with E-state index in [1.165, 1.54) is 0 Å². The summed E-state index contributed by atoms with van der Waals surface area (Å²) in [5.74, 6) is 1.26. The summed E-state index contributed by atoms with van der Waals surface area (Å²) in [4.78, 5) is 0.409. The highest BCUT2D eigenvalue weighted by molar-refractivity contribution is 9.10. The first kappa shape index (κ1) is 17.0. The maximum atomic E-state index is 12.8. The normalized spacial score (nSPS) is 21.5. The van der Waals surface area contributed by atoms with Crippen LogP contribution in [0.5, 0.6) is 0 Å². The van der Waals surface area contributed by atoms with Crippen molar-refractivity contribution in [3.05, 3.63) is 28.2 Å². The monoisotopic (exact) mass is 373 g/mol. The van der Waals surface area contributed by atoms with Crippen LogP contribution in [0, 0.1) is 18.8 Å². The molecule has 1 aliphatic heterocycles. The summed E-state index contributed by atoms with van der Waals surface area (Å²) in [5.41, 5.74) is 0.950. The van der Waals surface area contributed by atoms with Gasteiger partial charge >= 0.3 is 0 Å². The molecule has 0 radical (unpaired) electrons. The molecule has 0 aromatic heterocycles. The molecule has 0 amide bonds. The molecule has 0 bridgehead atoms. The van der Waals surface area contributed by atoms with Gasteiger partial charge in [0.05, 0.1) is 4.90 Å². The van der Waals surface area contributed by atoms with E-state index in [2.05, 4.69) is 29.8 Å². The smallest absolute Gasteiger partial charge is 0.207 e. The van der Waals surface area contributed by atoms with Gasteiger partial charge in [0, 0.05) is 17.6 Å². The third-order valence-corrected chi connectivity index (χ3v) is 7.23. The Morgan fingerprint density at radius 1 is 1.24 bits per heavy atom. The Labute approximate surface area is 136 Å². The van der Waals surface area contributed by atoms with Crippen LogP contribution < -0.4 is 0 Å². The molecule has 1 unspecified atom stereocenters. The van der Waals surface area contributed by atoms with Crippen LogP contribution in [-0.4, -0.2) is 25.8 Å². The minimum absolute atomic E-state index is 0.409. The zero-order valence-corrected chi connectivity index (χ0v) is 15.4. The van der Waals surface area contributed by atoms with Gasteiger partial charge in [-0.1, -0.05) is 29.8 Å². The number of hydrogen-bond acceptors (Lipinski definition) is 2. The van der Waals surface area contributed by atoms with E-state index in [1.807, 2.05) is 13.0 Å². The highest BCUT2D eigenvalue weighted by Crippen LogP contribution is 2.28. The van der Waals surface area contributed by atoms with E-state index in [9.17, 15) is 8.42 Å². The van der Waals surface area contributed by atoms with E-state index in [4.69, 9.17) is 0 Å². The Morgan fingerprint density at radius 3 is 2.57 bits per heavy atom.